The van der Waals surface area contributed by atoms with E-state index in [4.69, 9.17) is 16.7 Å². The molecule has 0 aliphatic heterocycles. The van der Waals surface area contributed by atoms with Crippen LogP contribution in [0.3, 0.4) is 0 Å². The van der Waals surface area contributed by atoms with Crippen LogP contribution in [0.2, 0.25) is 5.02 Å². The molecule has 0 bridgehead atoms. The molecule has 0 atom stereocenters. The molecule has 2 aromatic heterocycles. The fourth-order valence-corrected chi connectivity index (χ4v) is 1.94. The van der Waals surface area contributed by atoms with E-state index in [1.54, 1.807) is 16.8 Å². The van der Waals surface area contributed by atoms with Crippen molar-refractivity contribution < 1.29 is 14.7 Å². The molecule has 20 heavy (non-hydrogen) atoms. The van der Waals surface area contributed by atoms with Crippen molar-refractivity contribution in [2.45, 2.75) is 13.5 Å². The zero-order chi connectivity index (χ0) is 14.7. The van der Waals surface area contributed by atoms with Crippen molar-refractivity contribution in [3.05, 3.63) is 47.0 Å². The number of aromatic carboxylic acids is 1. The van der Waals surface area contributed by atoms with Crippen molar-refractivity contribution in [2.24, 2.45) is 0 Å². The average molecular weight is 294 g/mol. The van der Waals surface area contributed by atoms with Crippen LogP contribution in [0.1, 0.15) is 27.9 Å². The highest BCUT2D eigenvalue weighted by Gasteiger charge is 2.13. The molecule has 1 amide bonds. The first-order chi connectivity index (χ1) is 9.51. The molecule has 0 aromatic carbocycles. The van der Waals surface area contributed by atoms with Crippen molar-refractivity contribution >= 4 is 29.2 Å². The van der Waals surface area contributed by atoms with Gasteiger partial charge in [-0.15, -0.1) is 0 Å². The number of anilines is 1. The number of rotatable bonds is 4. The van der Waals surface area contributed by atoms with E-state index in [0.29, 0.717) is 22.9 Å². The van der Waals surface area contributed by atoms with Crippen LogP contribution in [0, 0.1) is 0 Å². The van der Waals surface area contributed by atoms with Crippen LogP contribution in [0.5, 0.6) is 0 Å². The SMILES string of the molecule is CCn1cc(Cl)cc1C(=O)Nc1ccc(C(=O)O)nc1. The predicted octanol–water partition coefficient (Wildman–Crippen LogP) is 2.51. The number of nitrogens with one attached hydrogen (secondary N) is 1. The van der Waals surface area contributed by atoms with Crippen LogP contribution in [0.25, 0.3) is 0 Å². The lowest BCUT2D eigenvalue weighted by molar-refractivity contribution is 0.0690. The summed E-state index contributed by atoms with van der Waals surface area (Å²) < 4.78 is 1.72. The molecule has 0 aliphatic rings. The van der Waals surface area contributed by atoms with E-state index in [1.807, 2.05) is 6.92 Å². The molecule has 104 valence electrons. The van der Waals surface area contributed by atoms with Gasteiger partial charge in [-0.05, 0) is 25.1 Å². The van der Waals surface area contributed by atoms with Gasteiger partial charge in [0, 0.05) is 12.7 Å². The molecular weight excluding hydrogens is 282 g/mol. The number of carboxylic acid groups (broad SMARTS) is 1. The molecule has 0 aliphatic carbocycles. The van der Waals surface area contributed by atoms with E-state index in [9.17, 15) is 9.59 Å². The van der Waals surface area contributed by atoms with Gasteiger partial charge in [-0.3, -0.25) is 4.79 Å². The van der Waals surface area contributed by atoms with E-state index < -0.39 is 5.97 Å². The standard InChI is InChI=1S/C13H12ClN3O3/c1-2-17-7-8(14)5-11(17)12(18)16-9-3-4-10(13(19)20)15-6-9/h3-7H,2H2,1H3,(H,16,18)(H,19,20). The van der Waals surface area contributed by atoms with E-state index in [-0.39, 0.29) is 11.6 Å². The number of hydrogen-bond acceptors (Lipinski definition) is 3. The molecular formula is C13H12ClN3O3. The Hall–Kier alpha value is -2.34. The van der Waals surface area contributed by atoms with E-state index >= 15 is 0 Å². The van der Waals surface area contributed by atoms with Gasteiger partial charge in [-0.25, -0.2) is 9.78 Å². The van der Waals surface area contributed by atoms with Crippen molar-refractivity contribution in [1.29, 1.82) is 0 Å². The molecule has 2 aromatic rings. The fourth-order valence-electron chi connectivity index (χ4n) is 1.72. The summed E-state index contributed by atoms with van der Waals surface area (Å²) in [6.45, 7) is 2.52. The Labute approximate surface area is 120 Å². The monoisotopic (exact) mass is 293 g/mol. The van der Waals surface area contributed by atoms with Crippen LogP contribution in [-0.4, -0.2) is 26.5 Å². The summed E-state index contributed by atoms with van der Waals surface area (Å²) in [5.41, 5.74) is 0.766. The molecule has 0 unspecified atom stereocenters. The molecule has 0 spiro atoms. The topological polar surface area (TPSA) is 84.2 Å². The minimum absolute atomic E-state index is 0.0806. The second-order valence-electron chi connectivity index (χ2n) is 4.02. The average Bonchev–Trinajstić information content (AvgIpc) is 2.80. The molecule has 2 heterocycles. The Morgan fingerprint density at radius 3 is 2.75 bits per heavy atom. The Bertz CT molecular complexity index is 649. The number of carboxylic acids is 1. The summed E-state index contributed by atoms with van der Waals surface area (Å²) in [5.74, 6) is -1.45. The number of aromatic nitrogens is 2. The van der Waals surface area contributed by atoms with Gasteiger partial charge in [0.25, 0.3) is 5.91 Å². The maximum atomic E-state index is 12.1. The number of carbonyl (C=O) groups excluding carboxylic acids is 1. The predicted molar refractivity (Wildman–Crippen MR) is 74.3 cm³/mol. The third-order valence-electron chi connectivity index (χ3n) is 2.68. The smallest absolute Gasteiger partial charge is 0.354 e. The second kappa shape index (κ2) is 5.75. The van der Waals surface area contributed by atoms with Crippen molar-refractivity contribution in [2.75, 3.05) is 5.32 Å². The van der Waals surface area contributed by atoms with Gasteiger partial charge in [0.2, 0.25) is 0 Å². The van der Waals surface area contributed by atoms with Crippen molar-refractivity contribution in [1.82, 2.24) is 9.55 Å². The highest BCUT2D eigenvalue weighted by molar-refractivity contribution is 6.31. The minimum Gasteiger partial charge on any atom is -0.477 e. The first-order valence-corrected chi connectivity index (χ1v) is 6.25. The first-order valence-electron chi connectivity index (χ1n) is 5.87. The summed E-state index contributed by atoms with van der Waals surface area (Å²) in [6.07, 6.45) is 2.96. The quantitative estimate of drug-likeness (QED) is 0.907. The highest BCUT2D eigenvalue weighted by Crippen LogP contribution is 2.16. The Kier molecular flexibility index (Phi) is 4.05. The maximum Gasteiger partial charge on any atom is 0.354 e. The molecule has 0 saturated carbocycles. The molecule has 2 N–H and O–H groups in total. The van der Waals surface area contributed by atoms with E-state index in [1.165, 1.54) is 18.3 Å². The third kappa shape index (κ3) is 2.97. The molecule has 2 rings (SSSR count). The maximum absolute atomic E-state index is 12.1. The first kappa shape index (κ1) is 14.1. The third-order valence-corrected chi connectivity index (χ3v) is 2.88. The second-order valence-corrected chi connectivity index (χ2v) is 4.46. The molecule has 0 fully saturated rings. The Balaban J connectivity index is 2.16. The minimum atomic E-state index is -1.12. The molecule has 0 saturated heterocycles. The van der Waals surface area contributed by atoms with Gasteiger partial charge in [0.05, 0.1) is 16.9 Å². The zero-order valence-corrected chi connectivity index (χ0v) is 11.4. The number of pyridine rings is 1. The summed E-state index contributed by atoms with van der Waals surface area (Å²) in [4.78, 5) is 26.5. The van der Waals surface area contributed by atoms with Gasteiger partial charge in [0.15, 0.2) is 0 Å². The largest absolute Gasteiger partial charge is 0.477 e. The van der Waals surface area contributed by atoms with Crippen LogP contribution < -0.4 is 5.32 Å². The lowest BCUT2D eigenvalue weighted by Gasteiger charge is -2.07. The molecule has 6 nitrogen and oxygen atoms in total. The summed E-state index contributed by atoms with van der Waals surface area (Å²) in [6, 6.07) is 4.37. The van der Waals surface area contributed by atoms with Gasteiger partial charge < -0.3 is 15.0 Å². The van der Waals surface area contributed by atoms with Gasteiger partial charge in [0.1, 0.15) is 11.4 Å². The van der Waals surface area contributed by atoms with Gasteiger partial charge in [-0.1, -0.05) is 11.6 Å². The Morgan fingerprint density at radius 2 is 2.20 bits per heavy atom. The molecule has 7 heteroatoms. The van der Waals surface area contributed by atoms with Crippen LogP contribution in [-0.2, 0) is 6.54 Å². The number of aryl methyl sites for hydroxylation is 1. The zero-order valence-electron chi connectivity index (χ0n) is 10.6. The van der Waals surface area contributed by atoms with Crippen LogP contribution in [0.15, 0.2) is 30.6 Å². The number of hydrogen-bond donors (Lipinski definition) is 2. The van der Waals surface area contributed by atoms with E-state index in [0.717, 1.165) is 0 Å². The number of halogens is 1. The van der Waals surface area contributed by atoms with Crippen LogP contribution >= 0.6 is 11.6 Å². The highest BCUT2D eigenvalue weighted by atomic mass is 35.5. The van der Waals surface area contributed by atoms with Gasteiger partial charge >= 0.3 is 5.97 Å². The van der Waals surface area contributed by atoms with Crippen LogP contribution in [0.4, 0.5) is 5.69 Å². The summed E-state index contributed by atoms with van der Waals surface area (Å²) in [7, 11) is 0. The van der Waals surface area contributed by atoms with Gasteiger partial charge in [-0.2, -0.15) is 0 Å². The number of amides is 1. The van der Waals surface area contributed by atoms with E-state index in [2.05, 4.69) is 10.3 Å². The lowest BCUT2D eigenvalue weighted by Crippen LogP contribution is -2.16. The fraction of sp³-hybridized carbons (Fsp3) is 0.154. The number of nitrogens with zero attached hydrogens (tertiary/aromatic N) is 2. The van der Waals surface area contributed by atoms with Crippen molar-refractivity contribution in [3.63, 3.8) is 0 Å². The Morgan fingerprint density at radius 1 is 1.45 bits per heavy atom. The molecule has 0 radical (unpaired) electrons. The van der Waals surface area contributed by atoms with Crippen molar-refractivity contribution in [3.8, 4) is 0 Å². The lowest BCUT2D eigenvalue weighted by atomic mass is 10.3. The summed E-state index contributed by atoms with van der Waals surface area (Å²) >= 11 is 5.87. The normalized spacial score (nSPS) is 10.3. The summed E-state index contributed by atoms with van der Waals surface area (Å²) in [5, 5.41) is 11.9. The number of carbonyl (C=O) groups is 2.